The second kappa shape index (κ2) is 8.80. The summed E-state index contributed by atoms with van der Waals surface area (Å²) in [6.07, 6.45) is 1.49. The number of nitrogens with two attached hydrogens (primary N) is 2. The van der Waals surface area contributed by atoms with Crippen LogP contribution in [0.1, 0.15) is 11.1 Å². The molecular formula is C16H15Cl3N4O2. The van der Waals surface area contributed by atoms with Crippen LogP contribution in [0, 0.1) is 0 Å². The van der Waals surface area contributed by atoms with Gasteiger partial charge in [0.2, 0.25) is 5.96 Å². The van der Waals surface area contributed by atoms with Crippen molar-refractivity contribution in [3.05, 3.63) is 56.5 Å². The van der Waals surface area contributed by atoms with Crippen molar-refractivity contribution in [1.29, 1.82) is 0 Å². The molecule has 9 heteroatoms. The minimum absolute atomic E-state index is 0.125. The number of ether oxygens (including phenoxy) is 2. The lowest BCUT2D eigenvalue weighted by Crippen LogP contribution is -2.21. The number of hydrogen-bond acceptors (Lipinski definition) is 4. The Kier molecular flexibility index (Phi) is 6.75. The lowest BCUT2D eigenvalue weighted by Gasteiger charge is -2.13. The smallest absolute Gasteiger partial charge is 0.211 e. The quantitative estimate of drug-likeness (QED) is 0.437. The van der Waals surface area contributed by atoms with Crippen LogP contribution in [0.15, 0.2) is 40.5 Å². The highest BCUT2D eigenvalue weighted by Gasteiger charge is 2.11. The fraction of sp³-hybridized carbons (Fsp3) is 0.125. The maximum Gasteiger partial charge on any atom is 0.211 e. The molecule has 0 aliphatic carbocycles. The van der Waals surface area contributed by atoms with Crippen LogP contribution in [0.4, 0.5) is 0 Å². The van der Waals surface area contributed by atoms with E-state index in [4.69, 9.17) is 55.7 Å². The van der Waals surface area contributed by atoms with E-state index in [9.17, 15) is 0 Å². The second-order valence-corrected chi connectivity index (χ2v) is 6.07. The maximum absolute atomic E-state index is 6.15. The van der Waals surface area contributed by atoms with Gasteiger partial charge in [-0.15, -0.1) is 5.10 Å². The Balaban J connectivity index is 2.17. The Bertz CT molecular complexity index is 798. The average molecular weight is 402 g/mol. The molecule has 0 amide bonds. The number of hydrogen-bond donors (Lipinski definition) is 2. The van der Waals surface area contributed by atoms with E-state index in [2.05, 4.69) is 10.2 Å². The summed E-state index contributed by atoms with van der Waals surface area (Å²) in [5, 5.41) is 8.59. The second-order valence-electron chi connectivity index (χ2n) is 4.82. The SMILES string of the molecule is COc1cc(C=NN=C(N)N)ccc1OCc1c(Cl)cc(Cl)cc1Cl. The highest BCUT2D eigenvalue weighted by Crippen LogP contribution is 2.32. The number of guanidine groups is 1. The number of nitrogens with zero attached hydrogens (tertiary/aromatic N) is 2. The number of methoxy groups -OCH3 is 1. The Morgan fingerprint density at radius 3 is 2.36 bits per heavy atom. The number of halogens is 3. The predicted octanol–water partition coefficient (Wildman–Crippen LogP) is 3.84. The zero-order chi connectivity index (χ0) is 18.4. The van der Waals surface area contributed by atoms with Crippen LogP contribution < -0.4 is 20.9 Å². The summed E-state index contributed by atoms with van der Waals surface area (Å²) in [6.45, 7) is 0.159. The molecule has 0 aromatic heterocycles. The molecule has 0 spiro atoms. The van der Waals surface area contributed by atoms with Crippen molar-refractivity contribution in [1.82, 2.24) is 0 Å². The van der Waals surface area contributed by atoms with Crippen LogP contribution in [0.3, 0.4) is 0 Å². The first-order chi connectivity index (χ1) is 11.9. The summed E-state index contributed by atoms with van der Waals surface area (Å²) in [4.78, 5) is 0. The van der Waals surface area contributed by atoms with Crippen molar-refractivity contribution in [3.63, 3.8) is 0 Å². The van der Waals surface area contributed by atoms with Gasteiger partial charge in [0.15, 0.2) is 11.5 Å². The number of benzene rings is 2. The van der Waals surface area contributed by atoms with Crippen LogP contribution >= 0.6 is 34.8 Å². The fourth-order valence-electron chi connectivity index (χ4n) is 1.91. The van der Waals surface area contributed by atoms with Gasteiger partial charge in [-0.25, -0.2) is 0 Å². The molecule has 4 N–H and O–H groups in total. The zero-order valence-corrected chi connectivity index (χ0v) is 15.4. The summed E-state index contributed by atoms with van der Waals surface area (Å²) in [5.41, 5.74) is 11.8. The van der Waals surface area contributed by atoms with Gasteiger partial charge in [0.1, 0.15) is 6.61 Å². The van der Waals surface area contributed by atoms with Gasteiger partial charge in [0.05, 0.1) is 23.4 Å². The third-order valence-electron chi connectivity index (χ3n) is 3.05. The van der Waals surface area contributed by atoms with Crippen molar-refractivity contribution < 1.29 is 9.47 Å². The van der Waals surface area contributed by atoms with Crippen molar-refractivity contribution in [2.45, 2.75) is 6.61 Å². The van der Waals surface area contributed by atoms with E-state index in [1.54, 1.807) is 30.3 Å². The molecule has 0 bridgehead atoms. The Morgan fingerprint density at radius 2 is 1.76 bits per heavy atom. The molecule has 0 saturated heterocycles. The molecule has 6 nitrogen and oxygen atoms in total. The molecule has 0 saturated carbocycles. The minimum atomic E-state index is -0.125. The molecule has 0 unspecified atom stereocenters. The van der Waals surface area contributed by atoms with E-state index in [1.165, 1.54) is 13.3 Å². The van der Waals surface area contributed by atoms with Crippen LogP contribution in [0.25, 0.3) is 0 Å². The third kappa shape index (κ3) is 5.42. The summed E-state index contributed by atoms with van der Waals surface area (Å²) < 4.78 is 11.1. The molecule has 0 aliphatic rings. The van der Waals surface area contributed by atoms with Crippen molar-refractivity contribution >= 4 is 47.0 Å². The van der Waals surface area contributed by atoms with E-state index in [0.717, 1.165) is 5.56 Å². The van der Waals surface area contributed by atoms with Gasteiger partial charge in [0, 0.05) is 10.6 Å². The fourth-order valence-corrected chi connectivity index (χ4v) is 2.83. The maximum atomic E-state index is 6.15. The van der Waals surface area contributed by atoms with Gasteiger partial charge in [0.25, 0.3) is 0 Å². The Labute approximate surface area is 160 Å². The minimum Gasteiger partial charge on any atom is -0.493 e. The third-order valence-corrected chi connectivity index (χ3v) is 3.94. The first-order valence-corrected chi connectivity index (χ1v) is 8.10. The topological polar surface area (TPSA) is 95.2 Å². The summed E-state index contributed by atoms with van der Waals surface area (Å²) in [5.74, 6) is 0.901. The molecule has 2 aromatic rings. The van der Waals surface area contributed by atoms with E-state index in [0.29, 0.717) is 32.1 Å². The molecular weight excluding hydrogens is 387 g/mol. The molecule has 0 heterocycles. The van der Waals surface area contributed by atoms with Crippen LogP contribution in [-0.2, 0) is 6.61 Å². The van der Waals surface area contributed by atoms with Crippen molar-refractivity contribution in [2.24, 2.45) is 21.7 Å². The van der Waals surface area contributed by atoms with Gasteiger partial charge < -0.3 is 20.9 Å². The highest BCUT2D eigenvalue weighted by molar-refractivity contribution is 6.39. The lowest BCUT2D eigenvalue weighted by molar-refractivity contribution is 0.284. The first-order valence-electron chi connectivity index (χ1n) is 6.97. The molecule has 0 atom stereocenters. The van der Waals surface area contributed by atoms with E-state index >= 15 is 0 Å². The largest absolute Gasteiger partial charge is 0.493 e. The summed E-state index contributed by atoms with van der Waals surface area (Å²) in [6, 6.07) is 8.44. The molecule has 0 fully saturated rings. The highest BCUT2D eigenvalue weighted by atomic mass is 35.5. The lowest BCUT2D eigenvalue weighted by atomic mass is 10.2. The number of rotatable bonds is 6. The van der Waals surface area contributed by atoms with Crippen molar-refractivity contribution in [2.75, 3.05) is 7.11 Å². The first kappa shape index (κ1) is 19.2. The Morgan fingerprint density at radius 1 is 1.08 bits per heavy atom. The molecule has 132 valence electrons. The average Bonchev–Trinajstić information content (AvgIpc) is 2.54. The van der Waals surface area contributed by atoms with Gasteiger partial charge in [-0.3, -0.25) is 0 Å². The van der Waals surface area contributed by atoms with E-state index in [1.807, 2.05) is 0 Å². The molecule has 2 aromatic carbocycles. The zero-order valence-electron chi connectivity index (χ0n) is 13.2. The Hall–Kier alpha value is -2.15. The normalized spacial score (nSPS) is 10.7. The molecule has 25 heavy (non-hydrogen) atoms. The summed E-state index contributed by atoms with van der Waals surface area (Å²) >= 11 is 18.2. The van der Waals surface area contributed by atoms with Gasteiger partial charge in [-0.2, -0.15) is 5.10 Å². The van der Waals surface area contributed by atoms with Gasteiger partial charge in [-0.1, -0.05) is 34.8 Å². The predicted molar refractivity (Wildman–Crippen MR) is 102 cm³/mol. The van der Waals surface area contributed by atoms with E-state index in [-0.39, 0.29) is 12.6 Å². The van der Waals surface area contributed by atoms with Crippen LogP contribution in [-0.4, -0.2) is 19.3 Å². The summed E-state index contributed by atoms with van der Waals surface area (Å²) in [7, 11) is 1.53. The van der Waals surface area contributed by atoms with Gasteiger partial charge in [-0.05, 0) is 35.9 Å². The monoisotopic (exact) mass is 400 g/mol. The van der Waals surface area contributed by atoms with Crippen LogP contribution in [0.2, 0.25) is 15.1 Å². The standard InChI is InChI=1S/C16H15Cl3N4O2/c1-24-15-4-9(7-22-23-16(20)21)2-3-14(15)25-8-11-12(18)5-10(17)6-13(11)19/h2-7H,8H2,1H3,(H4,20,21,23). The van der Waals surface area contributed by atoms with Crippen LogP contribution in [0.5, 0.6) is 11.5 Å². The molecule has 0 radical (unpaired) electrons. The van der Waals surface area contributed by atoms with Crippen molar-refractivity contribution in [3.8, 4) is 11.5 Å². The van der Waals surface area contributed by atoms with Gasteiger partial charge >= 0.3 is 0 Å². The van der Waals surface area contributed by atoms with E-state index < -0.39 is 0 Å². The molecule has 2 rings (SSSR count). The molecule has 0 aliphatic heterocycles.